The first-order chi connectivity index (χ1) is 6.86. The fourth-order valence-corrected chi connectivity index (χ4v) is 2.72. The molecule has 0 saturated heterocycles. The maximum atomic E-state index is 6.07. The van der Waals surface area contributed by atoms with Crippen LogP contribution in [0.3, 0.4) is 0 Å². The molecule has 0 radical (unpaired) electrons. The average molecular weight is 211 g/mol. The van der Waals surface area contributed by atoms with Crippen LogP contribution < -0.4 is 5.73 Å². The van der Waals surface area contributed by atoms with E-state index in [0.717, 1.165) is 18.0 Å². The summed E-state index contributed by atoms with van der Waals surface area (Å²) in [4.78, 5) is 0. The minimum absolute atomic E-state index is 0.108. The van der Waals surface area contributed by atoms with Crippen molar-refractivity contribution in [1.82, 2.24) is 8.75 Å². The molecule has 1 aromatic heterocycles. The molecule has 1 aromatic rings. The summed E-state index contributed by atoms with van der Waals surface area (Å²) in [6.45, 7) is 0. The van der Waals surface area contributed by atoms with Crippen LogP contribution in [-0.4, -0.2) is 8.75 Å². The Kier molecular flexibility index (Phi) is 3.48. The van der Waals surface area contributed by atoms with Crippen LogP contribution in [-0.2, 0) is 0 Å². The Morgan fingerprint density at radius 2 is 2.21 bits per heavy atom. The number of hydrogen-bond acceptors (Lipinski definition) is 4. The molecule has 2 rings (SSSR count). The van der Waals surface area contributed by atoms with Crippen LogP contribution in [0.1, 0.15) is 50.3 Å². The van der Waals surface area contributed by atoms with Crippen molar-refractivity contribution in [3.8, 4) is 0 Å². The van der Waals surface area contributed by atoms with E-state index in [1.54, 1.807) is 6.20 Å². The van der Waals surface area contributed by atoms with Gasteiger partial charge in [-0.15, -0.1) is 0 Å². The summed E-state index contributed by atoms with van der Waals surface area (Å²) in [5, 5.41) is 0. The van der Waals surface area contributed by atoms with Crippen molar-refractivity contribution in [2.75, 3.05) is 0 Å². The molecule has 1 atom stereocenters. The van der Waals surface area contributed by atoms with E-state index in [1.165, 1.54) is 43.8 Å². The summed E-state index contributed by atoms with van der Waals surface area (Å²) in [6.07, 6.45) is 9.77. The number of aromatic nitrogens is 2. The topological polar surface area (TPSA) is 51.8 Å². The van der Waals surface area contributed by atoms with E-state index in [9.17, 15) is 0 Å². The first kappa shape index (κ1) is 10.1. The maximum Gasteiger partial charge on any atom is 0.0910 e. The van der Waals surface area contributed by atoms with Crippen LogP contribution in [0.4, 0.5) is 0 Å². The lowest BCUT2D eigenvalue weighted by molar-refractivity contribution is 0.318. The van der Waals surface area contributed by atoms with Gasteiger partial charge in [0.1, 0.15) is 0 Å². The molecule has 1 unspecified atom stereocenters. The number of rotatable bonds is 3. The van der Waals surface area contributed by atoms with E-state index in [0.29, 0.717) is 0 Å². The summed E-state index contributed by atoms with van der Waals surface area (Å²) < 4.78 is 8.17. The third-order valence-corrected chi connectivity index (χ3v) is 3.56. The van der Waals surface area contributed by atoms with Gasteiger partial charge in [0, 0.05) is 6.04 Å². The van der Waals surface area contributed by atoms with Gasteiger partial charge in [0.05, 0.1) is 23.6 Å². The minimum atomic E-state index is 0.108. The van der Waals surface area contributed by atoms with E-state index in [-0.39, 0.29) is 6.04 Å². The SMILES string of the molecule is NC(CC1CCCCC1)c1cnsn1. The van der Waals surface area contributed by atoms with Gasteiger partial charge in [0.15, 0.2) is 0 Å². The molecule has 4 heteroatoms. The zero-order valence-corrected chi connectivity index (χ0v) is 9.17. The molecule has 2 N–H and O–H groups in total. The van der Waals surface area contributed by atoms with Crippen molar-refractivity contribution in [3.05, 3.63) is 11.9 Å². The smallest absolute Gasteiger partial charge is 0.0910 e. The molecule has 1 aliphatic rings. The zero-order valence-electron chi connectivity index (χ0n) is 8.35. The van der Waals surface area contributed by atoms with Gasteiger partial charge in [-0.3, -0.25) is 0 Å². The summed E-state index contributed by atoms with van der Waals surface area (Å²) >= 11 is 1.25. The summed E-state index contributed by atoms with van der Waals surface area (Å²) in [6, 6.07) is 0.108. The van der Waals surface area contributed by atoms with Crippen LogP contribution in [0, 0.1) is 5.92 Å². The lowest BCUT2D eigenvalue weighted by Crippen LogP contribution is -2.17. The Bertz CT molecular complexity index is 254. The molecule has 0 amide bonds. The van der Waals surface area contributed by atoms with Crippen molar-refractivity contribution in [2.45, 2.75) is 44.6 Å². The normalized spacial score (nSPS) is 20.9. The van der Waals surface area contributed by atoms with Crippen LogP contribution in [0.5, 0.6) is 0 Å². The quantitative estimate of drug-likeness (QED) is 0.835. The van der Waals surface area contributed by atoms with Crippen molar-refractivity contribution in [2.24, 2.45) is 11.7 Å². The van der Waals surface area contributed by atoms with Gasteiger partial charge >= 0.3 is 0 Å². The largest absolute Gasteiger partial charge is 0.323 e. The van der Waals surface area contributed by atoms with Crippen molar-refractivity contribution >= 4 is 11.7 Å². The highest BCUT2D eigenvalue weighted by Gasteiger charge is 2.18. The number of nitrogens with two attached hydrogens (primary N) is 1. The van der Waals surface area contributed by atoms with Gasteiger partial charge in [0.2, 0.25) is 0 Å². The lowest BCUT2D eigenvalue weighted by Gasteiger charge is -2.23. The van der Waals surface area contributed by atoms with E-state index in [2.05, 4.69) is 8.75 Å². The van der Waals surface area contributed by atoms with E-state index >= 15 is 0 Å². The Hall–Kier alpha value is -0.480. The van der Waals surface area contributed by atoms with E-state index < -0.39 is 0 Å². The summed E-state index contributed by atoms with van der Waals surface area (Å²) in [7, 11) is 0. The first-order valence-corrected chi connectivity index (χ1v) is 6.12. The van der Waals surface area contributed by atoms with Gasteiger partial charge in [-0.25, -0.2) is 0 Å². The second kappa shape index (κ2) is 4.84. The monoisotopic (exact) mass is 211 g/mol. The highest BCUT2D eigenvalue weighted by atomic mass is 32.1. The number of nitrogens with zero attached hydrogens (tertiary/aromatic N) is 2. The molecule has 1 aliphatic carbocycles. The molecular weight excluding hydrogens is 194 g/mol. The highest BCUT2D eigenvalue weighted by Crippen LogP contribution is 2.30. The molecule has 0 aliphatic heterocycles. The average Bonchev–Trinajstić information content (AvgIpc) is 2.72. The fraction of sp³-hybridized carbons (Fsp3) is 0.800. The van der Waals surface area contributed by atoms with Crippen LogP contribution in [0.15, 0.2) is 6.20 Å². The first-order valence-electron chi connectivity index (χ1n) is 5.39. The highest BCUT2D eigenvalue weighted by molar-refractivity contribution is 6.99. The molecule has 0 spiro atoms. The Morgan fingerprint density at radius 1 is 1.43 bits per heavy atom. The minimum Gasteiger partial charge on any atom is -0.323 e. The van der Waals surface area contributed by atoms with Gasteiger partial charge in [-0.1, -0.05) is 32.1 Å². The van der Waals surface area contributed by atoms with Gasteiger partial charge in [0.25, 0.3) is 0 Å². The molecular formula is C10H17N3S. The molecule has 1 saturated carbocycles. The predicted octanol–water partition coefficient (Wildman–Crippen LogP) is 2.51. The molecule has 1 heterocycles. The van der Waals surface area contributed by atoms with Gasteiger partial charge in [-0.05, 0) is 12.3 Å². The molecule has 0 aromatic carbocycles. The predicted molar refractivity (Wildman–Crippen MR) is 58.0 cm³/mol. The Morgan fingerprint density at radius 3 is 2.86 bits per heavy atom. The molecule has 78 valence electrons. The summed E-state index contributed by atoms with van der Waals surface area (Å²) in [5.41, 5.74) is 7.05. The zero-order chi connectivity index (χ0) is 9.80. The van der Waals surface area contributed by atoms with Crippen molar-refractivity contribution in [1.29, 1.82) is 0 Å². The van der Waals surface area contributed by atoms with E-state index in [1.807, 2.05) is 0 Å². The number of hydrogen-bond donors (Lipinski definition) is 1. The Labute approximate surface area is 89.0 Å². The van der Waals surface area contributed by atoms with Crippen LogP contribution in [0.25, 0.3) is 0 Å². The van der Waals surface area contributed by atoms with Gasteiger partial charge in [-0.2, -0.15) is 8.75 Å². The third-order valence-electron chi connectivity index (χ3n) is 3.07. The molecule has 3 nitrogen and oxygen atoms in total. The maximum absolute atomic E-state index is 6.07. The second-order valence-corrected chi connectivity index (χ2v) is 4.74. The van der Waals surface area contributed by atoms with Gasteiger partial charge < -0.3 is 5.73 Å². The third kappa shape index (κ3) is 2.51. The molecule has 1 fully saturated rings. The molecule has 14 heavy (non-hydrogen) atoms. The van der Waals surface area contributed by atoms with Crippen molar-refractivity contribution < 1.29 is 0 Å². The van der Waals surface area contributed by atoms with E-state index in [4.69, 9.17) is 5.73 Å². The second-order valence-electron chi connectivity index (χ2n) is 4.18. The summed E-state index contributed by atoms with van der Waals surface area (Å²) in [5.74, 6) is 0.820. The Balaban J connectivity index is 1.84. The standard InChI is InChI=1S/C10H17N3S/c11-9(10-7-12-14-13-10)6-8-4-2-1-3-5-8/h7-9H,1-6,11H2. The van der Waals surface area contributed by atoms with Crippen LogP contribution >= 0.6 is 11.7 Å². The lowest BCUT2D eigenvalue weighted by atomic mass is 9.84. The molecule has 0 bridgehead atoms. The van der Waals surface area contributed by atoms with Crippen molar-refractivity contribution in [3.63, 3.8) is 0 Å². The van der Waals surface area contributed by atoms with Crippen LogP contribution in [0.2, 0.25) is 0 Å². The fourth-order valence-electron chi connectivity index (χ4n) is 2.24.